The van der Waals surface area contributed by atoms with Gasteiger partial charge in [0.15, 0.2) is 11.6 Å². The first-order valence-electron chi connectivity index (χ1n) is 19.7. The highest BCUT2D eigenvalue weighted by Crippen LogP contribution is 2.56. The number of hydrogen-bond donors (Lipinski definition) is 0. The normalized spacial score (nSPS) is 23.7. The molecule has 2 amide bonds. The van der Waals surface area contributed by atoms with Crippen molar-refractivity contribution in [3.63, 3.8) is 0 Å². The van der Waals surface area contributed by atoms with E-state index in [1.807, 2.05) is 43.3 Å². The Balaban J connectivity index is 1.25. The molecule has 298 valence electrons. The monoisotopic (exact) mass is 776 g/mol. The van der Waals surface area contributed by atoms with Crippen LogP contribution in [0.4, 0.5) is 9.18 Å². The second-order valence-corrected chi connectivity index (χ2v) is 14.9. The molecule has 12 heteroatoms. The summed E-state index contributed by atoms with van der Waals surface area (Å²) in [5.41, 5.74) is 1.97. The summed E-state index contributed by atoms with van der Waals surface area (Å²) in [4.78, 5) is 55.4. The largest absolute Gasteiger partial charge is 0.497 e. The smallest absolute Gasteiger partial charge is 0.321 e. The number of rotatable bonds is 9. The molecule has 1 aromatic heterocycles. The van der Waals surface area contributed by atoms with Crippen molar-refractivity contribution in [3.05, 3.63) is 102 Å². The molecule has 0 N–H and O–H groups in total. The van der Waals surface area contributed by atoms with Crippen molar-refractivity contribution in [1.82, 2.24) is 19.8 Å². The van der Waals surface area contributed by atoms with Crippen molar-refractivity contribution < 1.29 is 37.7 Å². The van der Waals surface area contributed by atoms with Crippen LogP contribution < -0.4 is 14.2 Å². The van der Waals surface area contributed by atoms with Gasteiger partial charge in [-0.3, -0.25) is 9.59 Å². The number of carbonyl (C=O) groups is 3. The Labute approximate surface area is 332 Å². The summed E-state index contributed by atoms with van der Waals surface area (Å²) < 4.78 is 37.1. The molecule has 4 aromatic rings. The molecule has 57 heavy (non-hydrogen) atoms. The van der Waals surface area contributed by atoms with E-state index in [1.165, 1.54) is 18.2 Å². The quantitative estimate of drug-likeness (QED) is 0.123. The van der Waals surface area contributed by atoms with Crippen LogP contribution in [-0.2, 0) is 20.9 Å². The Morgan fingerprint density at radius 3 is 2.49 bits per heavy atom. The van der Waals surface area contributed by atoms with E-state index in [2.05, 4.69) is 12.2 Å². The van der Waals surface area contributed by atoms with E-state index in [1.54, 1.807) is 49.2 Å². The maximum atomic E-state index is 14.8. The summed E-state index contributed by atoms with van der Waals surface area (Å²) in [6.07, 6.45) is 10.9. The number of allylic oxidation sites excluding steroid dienone is 2. The van der Waals surface area contributed by atoms with Gasteiger partial charge in [-0.1, -0.05) is 36.8 Å². The average molecular weight is 777 g/mol. The van der Waals surface area contributed by atoms with E-state index < -0.39 is 17.6 Å². The van der Waals surface area contributed by atoms with Gasteiger partial charge < -0.3 is 28.7 Å². The minimum absolute atomic E-state index is 0.0608. The van der Waals surface area contributed by atoms with E-state index in [0.29, 0.717) is 47.6 Å². The number of ketones is 1. The van der Waals surface area contributed by atoms with Gasteiger partial charge in [-0.05, 0) is 106 Å². The van der Waals surface area contributed by atoms with Gasteiger partial charge in [-0.15, -0.1) is 0 Å². The summed E-state index contributed by atoms with van der Waals surface area (Å²) in [6.45, 7) is 4.86. The first kappa shape index (κ1) is 39.5. The summed E-state index contributed by atoms with van der Waals surface area (Å²) >= 11 is 0. The number of nitrogens with zero attached hydrogens (tertiary/aromatic N) is 4. The maximum Gasteiger partial charge on any atom is 0.321 e. The maximum absolute atomic E-state index is 14.8. The molecular weight excluding hydrogens is 728 g/mol. The van der Waals surface area contributed by atoms with Gasteiger partial charge >= 0.3 is 12.0 Å². The SMILES string of the molecule is CCOC(=O)[C@]12/C=C\C(=O)[C@@H]3C[C@@H](Oc4nc(-c5ccc(F)cc5)nc5c(C)c(OC)ccc45)CN3C(=O)N(Cc3ccc(OC)cc3)CCCCC/C=C\[C@@H]1C2. The number of ether oxygens (including phenoxy) is 4. The molecule has 0 radical (unpaired) electrons. The zero-order valence-corrected chi connectivity index (χ0v) is 32.9. The number of amides is 2. The van der Waals surface area contributed by atoms with Gasteiger partial charge in [0.1, 0.15) is 23.4 Å². The molecule has 1 aliphatic carbocycles. The summed E-state index contributed by atoms with van der Waals surface area (Å²) in [5, 5.41) is 0.627. The molecule has 0 bridgehead atoms. The van der Waals surface area contributed by atoms with E-state index in [9.17, 15) is 18.8 Å². The molecule has 3 aromatic carbocycles. The van der Waals surface area contributed by atoms with Crippen LogP contribution in [0.2, 0.25) is 0 Å². The standard InChI is InChI=1S/C45H49FN4O7/c1-5-56-43(52)45-23-22-38(51)37-25-35(57-42-36-20-21-39(55-4)29(2)40(36)47-41(48-42)31-14-16-33(46)17-15-31)28-50(37)44(53)49(27-30-12-18-34(54-3)19-13-30)24-10-8-6-7-9-11-32(45)26-45/h9,11-23,32,35,37H,5-8,10,24-28H2,1-4H3/b11-9-,23-22-/t32-,35-,37+,45+/m1/s1. The average Bonchev–Trinajstić information content (AvgIpc) is 3.78. The van der Waals surface area contributed by atoms with E-state index in [0.717, 1.165) is 42.6 Å². The summed E-state index contributed by atoms with van der Waals surface area (Å²) in [6, 6.07) is 16.0. The highest BCUT2D eigenvalue weighted by atomic mass is 19.1. The number of aryl methyl sites for hydroxylation is 1. The molecule has 3 aliphatic rings. The molecule has 2 aliphatic heterocycles. The lowest BCUT2D eigenvalue weighted by molar-refractivity contribution is -0.148. The third-order valence-corrected chi connectivity index (χ3v) is 11.2. The molecule has 1 saturated heterocycles. The van der Waals surface area contributed by atoms with Gasteiger partial charge in [-0.2, -0.15) is 4.98 Å². The molecule has 3 heterocycles. The number of carbonyl (C=O) groups excluding carboxylic acids is 3. The number of aromatic nitrogens is 2. The fourth-order valence-corrected chi connectivity index (χ4v) is 7.87. The molecule has 11 nitrogen and oxygen atoms in total. The van der Waals surface area contributed by atoms with Crippen LogP contribution in [0.25, 0.3) is 22.3 Å². The lowest BCUT2D eigenvalue weighted by atomic mass is 9.99. The second kappa shape index (κ2) is 17.2. The third-order valence-electron chi connectivity index (χ3n) is 11.2. The fraction of sp³-hybridized carbons (Fsp3) is 0.400. The predicted molar refractivity (Wildman–Crippen MR) is 213 cm³/mol. The van der Waals surface area contributed by atoms with Crippen molar-refractivity contribution in [3.8, 4) is 28.8 Å². The Kier molecular flexibility index (Phi) is 11.9. The van der Waals surface area contributed by atoms with Crippen molar-refractivity contribution in [1.29, 1.82) is 0 Å². The molecule has 0 unspecified atom stereocenters. The molecule has 7 rings (SSSR count). The van der Waals surface area contributed by atoms with Gasteiger partial charge in [0.2, 0.25) is 5.88 Å². The number of urea groups is 1. The zero-order valence-electron chi connectivity index (χ0n) is 32.9. The fourth-order valence-electron chi connectivity index (χ4n) is 7.87. The summed E-state index contributed by atoms with van der Waals surface area (Å²) in [5.74, 6) is 0.854. The lowest BCUT2D eigenvalue weighted by Gasteiger charge is -2.31. The highest BCUT2D eigenvalue weighted by Gasteiger charge is 2.58. The van der Waals surface area contributed by atoms with Crippen LogP contribution >= 0.6 is 0 Å². The van der Waals surface area contributed by atoms with Crippen LogP contribution in [0, 0.1) is 24.1 Å². The van der Waals surface area contributed by atoms with Crippen molar-refractivity contribution >= 4 is 28.7 Å². The zero-order chi connectivity index (χ0) is 40.1. The van der Waals surface area contributed by atoms with Crippen LogP contribution in [0.15, 0.2) is 85.0 Å². The topological polar surface area (TPSA) is 120 Å². The Bertz CT molecular complexity index is 2170. The third kappa shape index (κ3) is 8.50. The van der Waals surface area contributed by atoms with Crippen molar-refractivity contribution in [2.45, 2.75) is 71.1 Å². The van der Waals surface area contributed by atoms with Crippen LogP contribution in [0.3, 0.4) is 0 Å². The van der Waals surface area contributed by atoms with Crippen LogP contribution in [0.5, 0.6) is 17.4 Å². The van der Waals surface area contributed by atoms with E-state index >= 15 is 0 Å². The minimum Gasteiger partial charge on any atom is -0.497 e. The van der Waals surface area contributed by atoms with Gasteiger partial charge in [-0.25, -0.2) is 14.2 Å². The first-order valence-corrected chi connectivity index (χ1v) is 19.7. The number of methoxy groups -OCH3 is 2. The minimum atomic E-state index is -0.918. The molecular formula is C45H49FN4O7. The van der Waals surface area contributed by atoms with Gasteiger partial charge in [0.25, 0.3) is 0 Å². The Morgan fingerprint density at radius 2 is 1.75 bits per heavy atom. The van der Waals surface area contributed by atoms with Crippen molar-refractivity contribution in [2.24, 2.45) is 11.3 Å². The number of hydrogen-bond acceptors (Lipinski definition) is 9. The molecule has 1 saturated carbocycles. The van der Waals surface area contributed by atoms with Gasteiger partial charge in [0.05, 0.1) is 49.7 Å². The molecule has 2 fully saturated rings. The van der Waals surface area contributed by atoms with E-state index in [-0.39, 0.29) is 55.0 Å². The Hall–Kier alpha value is -5.78. The molecule has 4 atom stereocenters. The number of halogens is 1. The Morgan fingerprint density at radius 1 is 0.965 bits per heavy atom. The van der Waals surface area contributed by atoms with E-state index in [4.69, 9.17) is 28.9 Å². The van der Waals surface area contributed by atoms with Gasteiger partial charge in [0, 0.05) is 30.6 Å². The van der Waals surface area contributed by atoms with Crippen LogP contribution in [0.1, 0.15) is 56.6 Å². The predicted octanol–water partition coefficient (Wildman–Crippen LogP) is 8.03. The first-order chi connectivity index (χ1) is 27.6. The number of benzene rings is 3. The number of fused-ring (bicyclic) bond motifs is 3. The van der Waals surface area contributed by atoms with Crippen LogP contribution in [-0.4, -0.2) is 83.6 Å². The second-order valence-electron chi connectivity index (χ2n) is 14.9. The molecule has 0 spiro atoms. The highest BCUT2D eigenvalue weighted by molar-refractivity contribution is 5.98. The lowest BCUT2D eigenvalue weighted by Crippen LogP contribution is -2.48. The van der Waals surface area contributed by atoms with Crippen molar-refractivity contribution in [2.75, 3.05) is 33.9 Å². The number of esters is 1. The summed E-state index contributed by atoms with van der Waals surface area (Å²) in [7, 11) is 3.20.